The molecule has 4 rings (SSSR count). The summed E-state index contributed by atoms with van der Waals surface area (Å²) in [6, 6.07) is 12.1. The van der Waals surface area contributed by atoms with E-state index in [1.807, 2.05) is 35.0 Å². The van der Waals surface area contributed by atoms with Crippen molar-refractivity contribution in [3.05, 3.63) is 101 Å². The van der Waals surface area contributed by atoms with Gasteiger partial charge in [-0.05, 0) is 67.7 Å². The van der Waals surface area contributed by atoms with Crippen LogP contribution in [0.15, 0.2) is 65.4 Å². The first kappa shape index (κ1) is 27.1. The van der Waals surface area contributed by atoms with Crippen LogP contribution >= 0.6 is 0 Å². The van der Waals surface area contributed by atoms with Crippen molar-refractivity contribution < 1.29 is 31.8 Å². The van der Waals surface area contributed by atoms with Gasteiger partial charge in [0, 0.05) is 23.5 Å². The van der Waals surface area contributed by atoms with Gasteiger partial charge in [0.2, 0.25) is 5.89 Å². The number of rotatable bonds is 12. The molecule has 200 valence electrons. The number of unbranched alkanes of at least 4 members (excludes halogenated alkanes) is 1. The summed E-state index contributed by atoms with van der Waals surface area (Å²) in [5.41, 5.74) is 1.78. The molecule has 2 heterocycles. The van der Waals surface area contributed by atoms with E-state index in [1.165, 1.54) is 24.0 Å². The molecule has 0 bridgehead atoms. The predicted octanol–water partition coefficient (Wildman–Crippen LogP) is 6.34. The van der Waals surface area contributed by atoms with Crippen LogP contribution in [0.3, 0.4) is 0 Å². The molecule has 0 saturated heterocycles. The highest BCUT2D eigenvalue weighted by Crippen LogP contribution is 2.30. The first-order valence-corrected chi connectivity index (χ1v) is 12.1. The van der Waals surface area contributed by atoms with Crippen LogP contribution in [0.5, 0.6) is 5.75 Å². The normalized spacial score (nSPS) is 11.9. The Morgan fingerprint density at radius 3 is 2.53 bits per heavy atom. The number of benzene rings is 2. The van der Waals surface area contributed by atoms with Gasteiger partial charge >= 0.3 is 6.18 Å². The van der Waals surface area contributed by atoms with Gasteiger partial charge in [0.05, 0.1) is 18.7 Å². The van der Waals surface area contributed by atoms with Gasteiger partial charge < -0.3 is 14.3 Å². The van der Waals surface area contributed by atoms with Gasteiger partial charge in [-0.15, -0.1) is 0 Å². The molecule has 0 spiro atoms. The van der Waals surface area contributed by atoms with E-state index in [-0.39, 0.29) is 24.7 Å². The maximum absolute atomic E-state index is 14.0. The van der Waals surface area contributed by atoms with Gasteiger partial charge in [-0.1, -0.05) is 18.2 Å². The number of ether oxygens (including phenoxy) is 1. The summed E-state index contributed by atoms with van der Waals surface area (Å²) in [4.78, 5) is 4.23. The summed E-state index contributed by atoms with van der Waals surface area (Å²) in [7, 11) is 0. The van der Waals surface area contributed by atoms with E-state index >= 15 is 0 Å². The number of halogens is 4. The standard InChI is InChI=1S/C28H27F4N3O3/c29-26-17-22(28(30,31)32)9-7-21(26)8-12-27-34-23(19-38-27)18-37-25-10-5-20(6-11-25)3-1-2-4-24-13-14-33-35(24)15-16-36/h5-14,17,19,36H,1-4,15-16,18H2/b12-8+. The fourth-order valence-corrected chi connectivity index (χ4v) is 3.88. The van der Waals surface area contributed by atoms with Crippen LogP contribution in [-0.4, -0.2) is 26.5 Å². The monoisotopic (exact) mass is 529 g/mol. The predicted molar refractivity (Wildman–Crippen MR) is 134 cm³/mol. The van der Waals surface area contributed by atoms with Crippen molar-refractivity contribution in [3.63, 3.8) is 0 Å². The lowest BCUT2D eigenvalue weighted by atomic mass is 10.1. The highest BCUT2D eigenvalue weighted by atomic mass is 19.4. The van der Waals surface area contributed by atoms with E-state index < -0.39 is 17.6 Å². The number of hydrogen-bond donors (Lipinski definition) is 1. The van der Waals surface area contributed by atoms with Gasteiger partial charge in [0.1, 0.15) is 30.1 Å². The Morgan fingerprint density at radius 1 is 1.00 bits per heavy atom. The molecule has 0 radical (unpaired) electrons. The Hall–Kier alpha value is -3.92. The van der Waals surface area contributed by atoms with E-state index in [4.69, 9.17) is 14.3 Å². The molecule has 0 atom stereocenters. The largest absolute Gasteiger partial charge is 0.487 e. The number of aliphatic hydroxyl groups is 1. The number of aliphatic hydroxyl groups excluding tert-OH is 1. The third kappa shape index (κ3) is 7.55. The van der Waals surface area contributed by atoms with Crippen LogP contribution in [-0.2, 0) is 32.2 Å². The lowest BCUT2D eigenvalue weighted by Gasteiger charge is -2.07. The second-order valence-electron chi connectivity index (χ2n) is 8.65. The Labute approximate surface area is 217 Å². The van der Waals surface area contributed by atoms with Crippen LogP contribution in [0.1, 0.15) is 46.8 Å². The average molecular weight is 530 g/mol. The molecule has 0 aliphatic heterocycles. The van der Waals surface area contributed by atoms with E-state index in [0.29, 0.717) is 24.1 Å². The minimum Gasteiger partial charge on any atom is -0.487 e. The zero-order chi connectivity index (χ0) is 27.0. The van der Waals surface area contributed by atoms with E-state index in [2.05, 4.69) is 10.1 Å². The molecule has 0 aliphatic rings. The summed E-state index contributed by atoms with van der Waals surface area (Å²) in [5.74, 6) is -0.133. The maximum Gasteiger partial charge on any atom is 0.416 e. The quantitative estimate of drug-likeness (QED) is 0.171. The van der Waals surface area contributed by atoms with E-state index in [9.17, 15) is 17.6 Å². The second-order valence-corrected chi connectivity index (χ2v) is 8.65. The number of nitrogens with zero attached hydrogens (tertiary/aromatic N) is 3. The maximum atomic E-state index is 14.0. The number of alkyl halides is 3. The first-order valence-electron chi connectivity index (χ1n) is 12.1. The molecule has 0 aliphatic carbocycles. The Kier molecular flexibility index (Phi) is 8.96. The SMILES string of the molecule is OCCn1nccc1CCCCc1ccc(OCc2coc(/C=C/c3ccc(C(F)(F)F)cc3F)n2)cc1. The molecule has 2 aromatic carbocycles. The van der Waals surface area contributed by atoms with Crippen LogP contribution in [0.4, 0.5) is 17.6 Å². The highest BCUT2D eigenvalue weighted by Gasteiger charge is 2.31. The topological polar surface area (TPSA) is 73.3 Å². The van der Waals surface area contributed by atoms with Crippen molar-refractivity contribution in [1.82, 2.24) is 14.8 Å². The molecular formula is C28H27F4N3O3. The first-order chi connectivity index (χ1) is 18.3. The Morgan fingerprint density at radius 2 is 1.79 bits per heavy atom. The van der Waals surface area contributed by atoms with Gasteiger partial charge in [-0.2, -0.15) is 18.3 Å². The number of aromatic nitrogens is 3. The minimum atomic E-state index is -4.60. The second kappa shape index (κ2) is 12.6. The summed E-state index contributed by atoms with van der Waals surface area (Å²) in [6.07, 6.45) is 5.13. The fourth-order valence-electron chi connectivity index (χ4n) is 3.88. The van der Waals surface area contributed by atoms with Crippen molar-refractivity contribution in [3.8, 4) is 5.75 Å². The third-order valence-corrected chi connectivity index (χ3v) is 5.88. The number of oxazole rings is 1. The number of aryl methyl sites for hydroxylation is 2. The molecule has 4 aromatic rings. The van der Waals surface area contributed by atoms with Gasteiger partial charge in [0.25, 0.3) is 0 Å². The lowest BCUT2D eigenvalue weighted by molar-refractivity contribution is -0.137. The van der Waals surface area contributed by atoms with Gasteiger partial charge in [-0.3, -0.25) is 4.68 Å². The molecule has 2 aromatic heterocycles. The smallest absolute Gasteiger partial charge is 0.416 e. The molecular weight excluding hydrogens is 502 g/mol. The molecule has 1 N–H and O–H groups in total. The number of hydrogen-bond acceptors (Lipinski definition) is 5. The van der Waals surface area contributed by atoms with Crippen molar-refractivity contribution in [1.29, 1.82) is 0 Å². The van der Waals surface area contributed by atoms with Crippen LogP contribution in [0, 0.1) is 5.82 Å². The van der Waals surface area contributed by atoms with Crippen molar-refractivity contribution in [2.24, 2.45) is 0 Å². The highest BCUT2D eigenvalue weighted by molar-refractivity contribution is 5.66. The molecule has 10 heteroatoms. The molecule has 0 saturated carbocycles. The van der Waals surface area contributed by atoms with Crippen molar-refractivity contribution in [2.75, 3.05) is 6.61 Å². The molecule has 0 amide bonds. The van der Waals surface area contributed by atoms with Crippen LogP contribution < -0.4 is 4.74 Å². The van der Waals surface area contributed by atoms with Gasteiger partial charge in [-0.25, -0.2) is 9.37 Å². The van der Waals surface area contributed by atoms with E-state index in [0.717, 1.165) is 43.5 Å². The molecule has 6 nitrogen and oxygen atoms in total. The summed E-state index contributed by atoms with van der Waals surface area (Å²) < 4.78 is 64.9. The third-order valence-electron chi connectivity index (χ3n) is 5.88. The lowest BCUT2D eigenvalue weighted by Crippen LogP contribution is -2.08. The zero-order valence-corrected chi connectivity index (χ0v) is 20.5. The zero-order valence-electron chi connectivity index (χ0n) is 20.5. The van der Waals surface area contributed by atoms with Crippen molar-refractivity contribution >= 4 is 12.2 Å². The van der Waals surface area contributed by atoms with Crippen LogP contribution in [0.25, 0.3) is 12.2 Å². The van der Waals surface area contributed by atoms with Crippen molar-refractivity contribution in [2.45, 2.75) is 45.0 Å². The summed E-state index contributed by atoms with van der Waals surface area (Å²) in [6.45, 7) is 0.747. The summed E-state index contributed by atoms with van der Waals surface area (Å²) >= 11 is 0. The molecule has 0 unspecified atom stereocenters. The Bertz CT molecular complexity index is 1340. The average Bonchev–Trinajstić information content (AvgIpc) is 3.54. The minimum absolute atomic E-state index is 0.0117. The van der Waals surface area contributed by atoms with Crippen LogP contribution in [0.2, 0.25) is 0 Å². The van der Waals surface area contributed by atoms with Gasteiger partial charge in [0.15, 0.2) is 0 Å². The summed E-state index contributed by atoms with van der Waals surface area (Å²) in [5, 5.41) is 13.3. The fraction of sp³-hybridized carbons (Fsp3) is 0.286. The molecule has 0 fully saturated rings. The van der Waals surface area contributed by atoms with E-state index in [1.54, 1.807) is 6.20 Å². The molecule has 38 heavy (non-hydrogen) atoms. The Balaban J connectivity index is 1.22.